The second-order valence-corrected chi connectivity index (χ2v) is 6.70. The van der Waals surface area contributed by atoms with Crippen molar-refractivity contribution in [3.05, 3.63) is 8.58 Å². The summed E-state index contributed by atoms with van der Waals surface area (Å²) in [5, 5.41) is 11.3. The minimum Gasteiger partial charge on any atom is -0.476 e. The van der Waals surface area contributed by atoms with E-state index in [1.165, 1.54) is 0 Å². The van der Waals surface area contributed by atoms with Crippen molar-refractivity contribution in [2.24, 2.45) is 0 Å². The van der Waals surface area contributed by atoms with Gasteiger partial charge in [0.25, 0.3) is 0 Å². The van der Waals surface area contributed by atoms with E-state index < -0.39 is 17.7 Å². The first-order valence-corrected chi connectivity index (χ1v) is 6.44. The topological polar surface area (TPSA) is 88.5 Å². The normalized spacial score (nSPS) is 11.1. The highest BCUT2D eigenvalue weighted by Crippen LogP contribution is 2.27. The molecule has 0 saturated carbocycles. The van der Waals surface area contributed by atoms with Gasteiger partial charge in [-0.1, -0.05) is 0 Å². The van der Waals surface area contributed by atoms with Gasteiger partial charge >= 0.3 is 12.1 Å². The number of carboxylic acid groups (broad SMARTS) is 1. The monoisotopic (exact) mass is 370 g/mol. The lowest BCUT2D eigenvalue weighted by atomic mass is 10.2. The predicted molar refractivity (Wildman–Crippen MR) is 71.6 cm³/mol. The highest BCUT2D eigenvalue weighted by atomic mass is 127. The van der Waals surface area contributed by atoms with E-state index in [0.29, 0.717) is 2.88 Å². The van der Waals surface area contributed by atoms with E-state index in [-0.39, 0.29) is 11.4 Å². The Hall–Kier alpha value is -0.900. The third kappa shape index (κ3) is 4.11. The number of ether oxygens (including phenoxy) is 1. The van der Waals surface area contributed by atoms with Crippen LogP contribution in [0.2, 0.25) is 0 Å². The molecule has 8 heteroatoms. The zero-order valence-electron chi connectivity index (χ0n) is 9.41. The summed E-state index contributed by atoms with van der Waals surface area (Å²) in [6, 6.07) is 0. The fraction of sp³-hybridized carbons (Fsp3) is 0.444. The van der Waals surface area contributed by atoms with E-state index in [1.807, 2.05) is 22.6 Å². The van der Waals surface area contributed by atoms with Crippen molar-refractivity contribution in [1.29, 1.82) is 0 Å². The zero-order chi connectivity index (χ0) is 13.2. The van der Waals surface area contributed by atoms with Crippen LogP contribution in [0.15, 0.2) is 0 Å². The van der Waals surface area contributed by atoms with Crippen molar-refractivity contribution in [2.75, 3.05) is 5.32 Å². The van der Waals surface area contributed by atoms with E-state index in [1.54, 1.807) is 20.8 Å². The second kappa shape index (κ2) is 5.17. The first-order chi connectivity index (χ1) is 7.70. The van der Waals surface area contributed by atoms with Crippen molar-refractivity contribution in [1.82, 2.24) is 4.37 Å². The number of rotatable bonds is 2. The van der Waals surface area contributed by atoms with Crippen molar-refractivity contribution < 1.29 is 19.4 Å². The van der Waals surface area contributed by atoms with Crippen molar-refractivity contribution in [2.45, 2.75) is 26.4 Å². The van der Waals surface area contributed by atoms with Gasteiger partial charge in [0.05, 0.1) is 0 Å². The van der Waals surface area contributed by atoms with E-state index in [0.717, 1.165) is 11.5 Å². The molecule has 0 aromatic carbocycles. The standard InChI is InChI=1S/C9H11IN2O4S/c1-9(2,3)16-8(15)11-4-5(7(13)14)12-17-6(4)10/h1-3H3,(H,11,15)(H,13,14). The molecule has 17 heavy (non-hydrogen) atoms. The minimum absolute atomic E-state index is 0.176. The molecule has 0 atom stereocenters. The second-order valence-electron chi connectivity index (χ2n) is 4.11. The van der Waals surface area contributed by atoms with Crippen LogP contribution in [-0.4, -0.2) is 27.1 Å². The number of carbonyl (C=O) groups excluding carboxylic acids is 1. The highest BCUT2D eigenvalue weighted by molar-refractivity contribution is 14.1. The van der Waals surface area contributed by atoms with Gasteiger partial charge in [0, 0.05) is 0 Å². The average molecular weight is 370 g/mol. The molecule has 94 valence electrons. The molecule has 1 amide bonds. The van der Waals surface area contributed by atoms with Crippen LogP contribution in [0.5, 0.6) is 0 Å². The molecular weight excluding hydrogens is 359 g/mol. The SMILES string of the molecule is CC(C)(C)OC(=O)Nc1c(C(=O)O)nsc1I. The maximum absolute atomic E-state index is 11.5. The summed E-state index contributed by atoms with van der Waals surface area (Å²) in [6.07, 6.45) is -0.696. The molecule has 0 saturated heterocycles. The zero-order valence-corrected chi connectivity index (χ0v) is 12.4. The van der Waals surface area contributed by atoms with Gasteiger partial charge in [-0.25, -0.2) is 9.59 Å². The smallest absolute Gasteiger partial charge is 0.412 e. The van der Waals surface area contributed by atoms with Gasteiger partial charge in [0.15, 0.2) is 5.69 Å². The first-order valence-electron chi connectivity index (χ1n) is 4.59. The quantitative estimate of drug-likeness (QED) is 0.782. The number of halogens is 1. The van der Waals surface area contributed by atoms with Gasteiger partial charge in [-0.05, 0) is 54.9 Å². The maximum atomic E-state index is 11.5. The third-order valence-electron chi connectivity index (χ3n) is 1.48. The van der Waals surface area contributed by atoms with Crippen molar-refractivity contribution >= 4 is 51.9 Å². The third-order valence-corrected chi connectivity index (χ3v) is 3.25. The molecule has 0 bridgehead atoms. The summed E-state index contributed by atoms with van der Waals surface area (Å²) in [7, 11) is 0. The van der Waals surface area contributed by atoms with Crippen molar-refractivity contribution in [3.63, 3.8) is 0 Å². The van der Waals surface area contributed by atoms with Gasteiger partial charge in [-0.2, -0.15) is 4.37 Å². The molecule has 6 nitrogen and oxygen atoms in total. The fourth-order valence-electron chi connectivity index (χ4n) is 0.930. The Bertz CT molecular complexity index is 452. The lowest BCUT2D eigenvalue weighted by Gasteiger charge is -2.19. The molecule has 0 fully saturated rings. The molecule has 0 spiro atoms. The van der Waals surface area contributed by atoms with E-state index >= 15 is 0 Å². The number of anilines is 1. The largest absolute Gasteiger partial charge is 0.476 e. The van der Waals surface area contributed by atoms with Gasteiger partial charge < -0.3 is 9.84 Å². The van der Waals surface area contributed by atoms with Crippen molar-refractivity contribution in [3.8, 4) is 0 Å². The number of aromatic nitrogens is 1. The molecule has 1 heterocycles. The highest BCUT2D eigenvalue weighted by Gasteiger charge is 2.22. The van der Waals surface area contributed by atoms with Crippen LogP contribution in [0, 0.1) is 2.88 Å². The summed E-state index contributed by atoms with van der Waals surface area (Å²) in [5.41, 5.74) is -0.634. The Balaban J connectivity index is 2.85. The molecule has 1 rings (SSSR count). The van der Waals surface area contributed by atoms with Crippen LogP contribution in [0.4, 0.5) is 10.5 Å². The lowest BCUT2D eigenvalue weighted by Crippen LogP contribution is -2.27. The molecule has 0 radical (unpaired) electrons. The Morgan fingerprint density at radius 1 is 1.47 bits per heavy atom. The Labute approximate surface area is 116 Å². The number of carbonyl (C=O) groups is 2. The van der Waals surface area contributed by atoms with E-state index in [9.17, 15) is 9.59 Å². The summed E-state index contributed by atoms with van der Waals surface area (Å²) in [6.45, 7) is 5.17. The summed E-state index contributed by atoms with van der Waals surface area (Å²) < 4.78 is 9.35. The van der Waals surface area contributed by atoms with Crippen LogP contribution < -0.4 is 5.32 Å². The number of aromatic carboxylic acids is 1. The Morgan fingerprint density at radius 3 is 2.53 bits per heavy atom. The van der Waals surface area contributed by atoms with Crippen LogP contribution >= 0.6 is 34.1 Å². The molecule has 1 aromatic heterocycles. The summed E-state index contributed by atoms with van der Waals surface area (Å²) in [4.78, 5) is 22.4. The number of carboxylic acids is 1. The summed E-state index contributed by atoms with van der Waals surface area (Å²) in [5.74, 6) is -1.18. The van der Waals surface area contributed by atoms with Gasteiger partial charge in [0.2, 0.25) is 0 Å². The first kappa shape index (κ1) is 14.2. The number of hydrogen-bond donors (Lipinski definition) is 2. The number of hydrogen-bond acceptors (Lipinski definition) is 5. The molecule has 0 aliphatic heterocycles. The van der Waals surface area contributed by atoms with Crippen LogP contribution in [-0.2, 0) is 4.74 Å². The van der Waals surface area contributed by atoms with Crippen LogP contribution in [0.1, 0.15) is 31.3 Å². The molecule has 2 N–H and O–H groups in total. The number of nitrogens with zero attached hydrogens (tertiary/aromatic N) is 1. The minimum atomic E-state index is -1.18. The van der Waals surface area contributed by atoms with Gasteiger partial charge in [-0.3, -0.25) is 5.32 Å². The lowest BCUT2D eigenvalue weighted by molar-refractivity contribution is 0.0636. The molecular formula is C9H11IN2O4S. The maximum Gasteiger partial charge on any atom is 0.412 e. The Kier molecular flexibility index (Phi) is 4.31. The predicted octanol–water partition coefficient (Wildman–Crippen LogP) is 2.79. The van der Waals surface area contributed by atoms with Gasteiger partial charge in [0.1, 0.15) is 14.2 Å². The number of amides is 1. The van der Waals surface area contributed by atoms with E-state index in [4.69, 9.17) is 9.84 Å². The fourth-order valence-corrected chi connectivity index (χ4v) is 2.20. The molecule has 0 aliphatic carbocycles. The van der Waals surface area contributed by atoms with Crippen LogP contribution in [0.3, 0.4) is 0 Å². The van der Waals surface area contributed by atoms with Gasteiger partial charge in [-0.15, -0.1) is 0 Å². The van der Waals surface area contributed by atoms with Crippen LogP contribution in [0.25, 0.3) is 0 Å². The number of nitrogens with one attached hydrogen (secondary N) is 1. The molecule has 1 aromatic rings. The average Bonchev–Trinajstić information content (AvgIpc) is 2.44. The summed E-state index contributed by atoms with van der Waals surface area (Å²) >= 11 is 2.91. The molecule has 0 unspecified atom stereocenters. The van der Waals surface area contributed by atoms with E-state index in [2.05, 4.69) is 9.69 Å². The molecule has 0 aliphatic rings. The Morgan fingerprint density at radius 2 is 2.06 bits per heavy atom.